The molecule has 1 saturated heterocycles. The Hall–Kier alpha value is -0.530. The van der Waals surface area contributed by atoms with E-state index in [4.69, 9.17) is 5.11 Å². The topological polar surface area (TPSA) is 52.6 Å². The normalized spacial score (nSPS) is 22.7. The maximum absolute atomic E-state index is 12.1. The summed E-state index contributed by atoms with van der Waals surface area (Å²) in [6.07, 6.45) is -5.22. The fourth-order valence-corrected chi connectivity index (χ4v) is 2.75. The number of rotatable bonds is 7. The van der Waals surface area contributed by atoms with Crippen LogP contribution in [0.5, 0.6) is 0 Å². The van der Waals surface area contributed by atoms with Crippen molar-refractivity contribution in [2.24, 2.45) is 11.8 Å². The van der Waals surface area contributed by atoms with Crippen LogP contribution >= 0.6 is 12.4 Å². The predicted molar refractivity (Wildman–Crippen MR) is 80.9 cm³/mol. The third-order valence-corrected chi connectivity index (χ3v) is 3.91. The second kappa shape index (κ2) is 9.57. The van der Waals surface area contributed by atoms with Gasteiger partial charge in [-0.25, -0.2) is 0 Å². The van der Waals surface area contributed by atoms with E-state index in [1.807, 2.05) is 0 Å². The van der Waals surface area contributed by atoms with Crippen LogP contribution in [0.25, 0.3) is 0 Å². The molecule has 0 saturated carbocycles. The van der Waals surface area contributed by atoms with Crippen molar-refractivity contribution in [2.45, 2.75) is 45.3 Å². The zero-order valence-electron chi connectivity index (χ0n) is 13.0. The van der Waals surface area contributed by atoms with E-state index in [0.29, 0.717) is 18.9 Å². The number of amides is 1. The molecule has 4 nitrogen and oxygen atoms in total. The van der Waals surface area contributed by atoms with Crippen LogP contribution in [0.2, 0.25) is 0 Å². The molecule has 1 aliphatic heterocycles. The average molecular weight is 347 g/mol. The fraction of sp³-hybridized carbons (Fsp3) is 0.929. The molecule has 0 unspecified atom stereocenters. The highest BCUT2D eigenvalue weighted by atomic mass is 35.5. The van der Waals surface area contributed by atoms with Crippen molar-refractivity contribution in [1.29, 1.82) is 0 Å². The molecule has 0 aromatic carbocycles. The zero-order valence-corrected chi connectivity index (χ0v) is 13.8. The minimum absolute atomic E-state index is 0. The molecule has 1 fully saturated rings. The monoisotopic (exact) mass is 346 g/mol. The van der Waals surface area contributed by atoms with E-state index in [9.17, 15) is 18.0 Å². The molecule has 0 aromatic rings. The number of nitrogens with zero attached hydrogens (tertiary/aromatic N) is 1. The van der Waals surface area contributed by atoms with Crippen LogP contribution in [0.3, 0.4) is 0 Å². The molecule has 1 heterocycles. The minimum atomic E-state index is -4.29. The summed E-state index contributed by atoms with van der Waals surface area (Å²) in [5, 5.41) is 11.6. The van der Waals surface area contributed by atoms with Crippen LogP contribution in [0.15, 0.2) is 0 Å². The summed E-state index contributed by atoms with van der Waals surface area (Å²) in [6, 6.07) is -0.107. The van der Waals surface area contributed by atoms with E-state index in [1.165, 1.54) is 0 Å². The van der Waals surface area contributed by atoms with E-state index in [1.54, 1.807) is 0 Å². The number of carbonyl (C=O) groups excluding carboxylic acids is 1. The Labute approximate surface area is 135 Å². The first-order valence-corrected chi connectivity index (χ1v) is 7.42. The lowest BCUT2D eigenvalue weighted by atomic mass is 9.91. The van der Waals surface area contributed by atoms with Gasteiger partial charge in [-0.1, -0.05) is 13.8 Å². The van der Waals surface area contributed by atoms with Crippen molar-refractivity contribution >= 4 is 18.3 Å². The van der Waals surface area contributed by atoms with Gasteiger partial charge in [0.25, 0.3) is 0 Å². The second-order valence-electron chi connectivity index (χ2n) is 6.03. The van der Waals surface area contributed by atoms with Gasteiger partial charge in [0.2, 0.25) is 5.91 Å². The number of aliphatic hydroxyl groups excluding tert-OH is 1. The lowest BCUT2D eigenvalue weighted by Crippen LogP contribution is -2.42. The highest BCUT2D eigenvalue weighted by molar-refractivity contribution is 5.85. The Morgan fingerprint density at radius 1 is 1.36 bits per heavy atom. The molecule has 1 rings (SSSR count). The molecular formula is C14H26ClF3N2O2. The standard InChI is InChI=1S/C14H25F3N2O2.ClH/c1-10(2)11-8-19(6-3-7-20)9-12(11)18-13(21)4-5-14(15,16)17;/h10-12,20H,3-9H2,1-2H3,(H,18,21);1H/t11-,12+;/m1./s1. The van der Waals surface area contributed by atoms with Crippen LogP contribution in [0, 0.1) is 11.8 Å². The van der Waals surface area contributed by atoms with E-state index >= 15 is 0 Å². The maximum atomic E-state index is 12.1. The van der Waals surface area contributed by atoms with Crippen LogP contribution < -0.4 is 5.32 Å². The number of likely N-dealkylation sites (tertiary alicyclic amines) is 1. The second-order valence-corrected chi connectivity index (χ2v) is 6.03. The van der Waals surface area contributed by atoms with Gasteiger partial charge in [-0.15, -0.1) is 12.4 Å². The Bertz CT molecular complexity index is 341. The molecule has 0 spiro atoms. The van der Waals surface area contributed by atoms with Gasteiger partial charge in [-0.05, 0) is 18.3 Å². The number of halogens is 4. The van der Waals surface area contributed by atoms with Crippen molar-refractivity contribution in [3.63, 3.8) is 0 Å². The fourth-order valence-electron chi connectivity index (χ4n) is 2.75. The molecule has 132 valence electrons. The number of aliphatic hydroxyl groups is 1. The lowest BCUT2D eigenvalue weighted by Gasteiger charge is -2.23. The first-order chi connectivity index (χ1) is 9.73. The number of hydrogen-bond acceptors (Lipinski definition) is 3. The van der Waals surface area contributed by atoms with Gasteiger partial charge >= 0.3 is 6.18 Å². The van der Waals surface area contributed by atoms with Crippen molar-refractivity contribution in [3.05, 3.63) is 0 Å². The highest BCUT2D eigenvalue weighted by Gasteiger charge is 2.36. The Kier molecular flexibility index (Phi) is 9.34. The Balaban J connectivity index is 0.00000441. The molecule has 1 aliphatic rings. The minimum Gasteiger partial charge on any atom is -0.396 e. The number of nitrogens with one attached hydrogen (secondary N) is 1. The zero-order chi connectivity index (χ0) is 16.0. The van der Waals surface area contributed by atoms with Crippen molar-refractivity contribution in [2.75, 3.05) is 26.2 Å². The average Bonchev–Trinajstić information content (AvgIpc) is 2.76. The van der Waals surface area contributed by atoms with E-state index in [2.05, 4.69) is 24.1 Å². The molecule has 2 N–H and O–H groups in total. The summed E-state index contributed by atoms with van der Waals surface area (Å²) in [7, 11) is 0. The predicted octanol–water partition coefficient (Wildman–Crippen LogP) is 2.21. The van der Waals surface area contributed by atoms with Crippen LogP contribution in [-0.2, 0) is 4.79 Å². The summed E-state index contributed by atoms with van der Waals surface area (Å²) >= 11 is 0. The number of hydrogen-bond donors (Lipinski definition) is 2. The molecular weight excluding hydrogens is 321 g/mol. The number of alkyl halides is 3. The van der Waals surface area contributed by atoms with Gasteiger partial charge in [0, 0.05) is 38.7 Å². The van der Waals surface area contributed by atoms with Crippen molar-refractivity contribution in [1.82, 2.24) is 10.2 Å². The molecule has 22 heavy (non-hydrogen) atoms. The summed E-state index contributed by atoms with van der Waals surface area (Å²) in [4.78, 5) is 13.8. The van der Waals surface area contributed by atoms with Gasteiger partial charge in [0.15, 0.2) is 0 Å². The first-order valence-electron chi connectivity index (χ1n) is 7.42. The van der Waals surface area contributed by atoms with Gasteiger partial charge < -0.3 is 15.3 Å². The molecule has 1 amide bonds. The molecule has 0 radical (unpaired) electrons. The van der Waals surface area contributed by atoms with Crippen LogP contribution in [0.1, 0.15) is 33.1 Å². The van der Waals surface area contributed by atoms with E-state index in [-0.39, 0.29) is 31.0 Å². The quantitative estimate of drug-likeness (QED) is 0.743. The maximum Gasteiger partial charge on any atom is 0.389 e. The first kappa shape index (κ1) is 21.5. The SMILES string of the molecule is CC(C)[C@H]1CN(CCCO)C[C@@H]1NC(=O)CCC(F)(F)F.Cl. The highest BCUT2D eigenvalue weighted by Crippen LogP contribution is 2.25. The number of carbonyl (C=O) groups is 1. The molecule has 0 aromatic heterocycles. The van der Waals surface area contributed by atoms with Crippen molar-refractivity contribution < 1.29 is 23.1 Å². The van der Waals surface area contributed by atoms with Gasteiger partial charge in [-0.2, -0.15) is 13.2 Å². The smallest absolute Gasteiger partial charge is 0.389 e. The van der Waals surface area contributed by atoms with E-state index < -0.39 is 24.9 Å². The summed E-state index contributed by atoms with van der Waals surface area (Å²) in [6.45, 7) is 6.41. The molecule has 0 bridgehead atoms. The molecule has 2 atom stereocenters. The van der Waals surface area contributed by atoms with Crippen LogP contribution in [-0.4, -0.2) is 54.4 Å². The van der Waals surface area contributed by atoms with Crippen molar-refractivity contribution in [3.8, 4) is 0 Å². The Morgan fingerprint density at radius 2 is 2.00 bits per heavy atom. The lowest BCUT2D eigenvalue weighted by molar-refractivity contribution is -0.144. The third kappa shape index (κ3) is 7.65. The molecule has 0 aliphatic carbocycles. The van der Waals surface area contributed by atoms with Gasteiger partial charge in [0.1, 0.15) is 0 Å². The van der Waals surface area contributed by atoms with Crippen LogP contribution in [0.4, 0.5) is 13.2 Å². The Morgan fingerprint density at radius 3 is 2.50 bits per heavy atom. The van der Waals surface area contributed by atoms with E-state index in [0.717, 1.165) is 13.1 Å². The van der Waals surface area contributed by atoms with Gasteiger partial charge in [-0.3, -0.25) is 4.79 Å². The summed E-state index contributed by atoms with van der Waals surface area (Å²) < 4.78 is 36.4. The summed E-state index contributed by atoms with van der Waals surface area (Å²) in [5.41, 5.74) is 0. The molecule has 8 heteroatoms. The summed E-state index contributed by atoms with van der Waals surface area (Å²) in [5.74, 6) is 0.0440. The van der Waals surface area contributed by atoms with Gasteiger partial charge in [0.05, 0.1) is 6.42 Å². The largest absolute Gasteiger partial charge is 0.396 e. The third-order valence-electron chi connectivity index (χ3n) is 3.91.